The molecule has 4 heteroatoms. The summed E-state index contributed by atoms with van der Waals surface area (Å²) in [6.45, 7) is 6.59. The molecule has 2 N–H and O–H groups in total. The summed E-state index contributed by atoms with van der Waals surface area (Å²) in [7, 11) is 0. The number of nitrogens with two attached hydrogens (primary N) is 1. The largest absolute Gasteiger partial charge is 0.387 e. The lowest BCUT2D eigenvalue weighted by Crippen LogP contribution is -2.15. The molecular formula is C21H24N4. The molecule has 0 unspecified atom stereocenters. The number of fused-ring (bicyclic) bond motifs is 1. The third kappa shape index (κ3) is 4.63. The minimum absolute atomic E-state index is 0.249. The van der Waals surface area contributed by atoms with E-state index < -0.39 is 0 Å². The van der Waals surface area contributed by atoms with E-state index in [1.807, 2.05) is 36.4 Å². The Morgan fingerprint density at radius 1 is 1.04 bits per heavy atom. The van der Waals surface area contributed by atoms with Gasteiger partial charge in [-0.3, -0.25) is 0 Å². The molecule has 0 spiro atoms. The van der Waals surface area contributed by atoms with Crippen molar-refractivity contribution in [2.24, 2.45) is 16.1 Å². The first-order chi connectivity index (χ1) is 11.9. The van der Waals surface area contributed by atoms with Crippen molar-refractivity contribution < 1.29 is 0 Å². The van der Waals surface area contributed by atoms with Gasteiger partial charge in [-0.2, -0.15) is 0 Å². The van der Waals surface area contributed by atoms with Gasteiger partial charge in [0.15, 0.2) is 5.82 Å². The molecule has 4 nitrogen and oxygen atoms in total. The molecule has 2 heterocycles. The number of pyridine rings is 2. The van der Waals surface area contributed by atoms with Crippen LogP contribution in [0.25, 0.3) is 22.2 Å². The molecule has 3 rings (SSSR count). The number of aromatic nitrogens is 2. The topological polar surface area (TPSA) is 64.2 Å². The van der Waals surface area contributed by atoms with Gasteiger partial charge < -0.3 is 5.73 Å². The van der Waals surface area contributed by atoms with Gasteiger partial charge in [0.05, 0.1) is 11.2 Å². The van der Waals surface area contributed by atoms with E-state index >= 15 is 0 Å². The van der Waals surface area contributed by atoms with E-state index in [0.29, 0.717) is 11.7 Å². The number of rotatable bonds is 4. The molecule has 0 radical (unpaired) electrons. The summed E-state index contributed by atoms with van der Waals surface area (Å²) in [4.78, 5) is 13.5. The maximum atomic E-state index is 6.02. The van der Waals surface area contributed by atoms with Crippen LogP contribution in [-0.2, 0) is 0 Å². The number of benzene rings is 1. The van der Waals surface area contributed by atoms with Crippen molar-refractivity contribution in [3.05, 3.63) is 54.7 Å². The monoisotopic (exact) mass is 332 g/mol. The van der Waals surface area contributed by atoms with Crippen molar-refractivity contribution in [1.82, 2.24) is 9.97 Å². The van der Waals surface area contributed by atoms with Gasteiger partial charge >= 0.3 is 0 Å². The van der Waals surface area contributed by atoms with Gasteiger partial charge in [0.1, 0.15) is 5.84 Å². The molecular weight excluding hydrogens is 308 g/mol. The zero-order valence-electron chi connectivity index (χ0n) is 15.0. The van der Waals surface area contributed by atoms with Crippen molar-refractivity contribution in [2.75, 3.05) is 0 Å². The van der Waals surface area contributed by atoms with Crippen LogP contribution in [0.1, 0.15) is 33.6 Å². The molecule has 0 saturated heterocycles. The third-order valence-electron chi connectivity index (χ3n) is 4.03. The molecule has 0 aliphatic rings. The van der Waals surface area contributed by atoms with Crippen LogP contribution < -0.4 is 5.73 Å². The molecule has 0 saturated carbocycles. The highest BCUT2D eigenvalue weighted by Crippen LogP contribution is 2.23. The van der Waals surface area contributed by atoms with Crippen LogP contribution in [0.3, 0.4) is 0 Å². The Hall–Kier alpha value is -2.75. The molecule has 128 valence electrons. The molecule has 25 heavy (non-hydrogen) atoms. The lowest BCUT2D eigenvalue weighted by atomic mass is 9.90. The summed E-state index contributed by atoms with van der Waals surface area (Å²) in [5.41, 5.74) is 9.13. The Kier molecular flexibility index (Phi) is 4.79. The van der Waals surface area contributed by atoms with Crippen molar-refractivity contribution in [1.29, 1.82) is 0 Å². The predicted molar refractivity (Wildman–Crippen MR) is 105 cm³/mol. The van der Waals surface area contributed by atoms with E-state index in [1.165, 1.54) is 0 Å². The van der Waals surface area contributed by atoms with Gasteiger partial charge in [0.2, 0.25) is 0 Å². The Labute approximate surface area is 148 Å². The number of amidine groups is 1. The predicted octanol–water partition coefficient (Wildman–Crippen LogP) is 5.11. The summed E-state index contributed by atoms with van der Waals surface area (Å²) >= 11 is 0. The lowest BCUT2D eigenvalue weighted by Gasteiger charge is -2.17. The first-order valence-electron chi connectivity index (χ1n) is 8.56. The molecule has 0 aliphatic heterocycles. The van der Waals surface area contributed by atoms with Crippen LogP contribution in [0.5, 0.6) is 0 Å². The second-order valence-corrected chi connectivity index (χ2v) is 7.46. The van der Waals surface area contributed by atoms with E-state index in [2.05, 4.69) is 42.9 Å². The highest BCUT2D eigenvalue weighted by molar-refractivity contribution is 5.83. The van der Waals surface area contributed by atoms with Gasteiger partial charge in [-0.25, -0.2) is 15.0 Å². The Balaban J connectivity index is 1.77. The third-order valence-corrected chi connectivity index (χ3v) is 4.03. The van der Waals surface area contributed by atoms with Gasteiger partial charge in [0, 0.05) is 23.6 Å². The van der Waals surface area contributed by atoms with E-state index in [0.717, 1.165) is 35.0 Å². The van der Waals surface area contributed by atoms with E-state index in [1.54, 1.807) is 6.20 Å². The molecule has 0 atom stereocenters. The summed E-state index contributed by atoms with van der Waals surface area (Å²) in [5, 5.41) is 1.13. The smallest absolute Gasteiger partial charge is 0.153 e. The first kappa shape index (κ1) is 17.1. The first-order valence-corrected chi connectivity index (χ1v) is 8.56. The Morgan fingerprint density at radius 3 is 2.56 bits per heavy atom. The highest BCUT2D eigenvalue weighted by Gasteiger charge is 2.10. The zero-order valence-corrected chi connectivity index (χ0v) is 15.0. The summed E-state index contributed by atoms with van der Waals surface area (Å²) < 4.78 is 0. The fourth-order valence-corrected chi connectivity index (χ4v) is 2.54. The maximum absolute atomic E-state index is 6.02. The average molecular weight is 332 g/mol. The zero-order chi connectivity index (χ0) is 17.9. The van der Waals surface area contributed by atoms with E-state index in [9.17, 15) is 0 Å². The molecule has 0 bridgehead atoms. The minimum Gasteiger partial charge on any atom is -0.387 e. The maximum Gasteiger partial charge on any atom is 0.153 e. The summed E-state index contributed by atoms with van der Waals surface area (Å²) in [6.07, 6.45) is 3.58. The van der Waals surface area contributed by atoms with Crippen LogP contribution in [0.15, 0.2) is 59.7 Å². The van der Waals surface area contributed by atoms with Crippen molar-refractivity contribution in [3.8, 4) is 11.3 Å². The SMILES string of the molecule is CC(C)(C)CCC(N)=Nc1ccc(-c2ccc3ccccc3n2)cn1. The molecule has 0 fully saturated rings. The summed E-state index contributed by atoms with van der Waals surface area (Å²) in [5.74, 6) is 1.26. The fraction of sp³-hybridized carbons (Fsp3) is 0.286. The van der Waals surface area contributed by atoms with E-state index in [4.69, 9.17) is 10.7 Å². The van der Waals surface area contributed by atoms with Crippen molar-refractivity contribution in [2.45, 2.75) is 33.6 Å². The highest BCUT2D eigenvalue weighted by atomic mass is 14.9. The van der Waals surface area contributed by atoms with Crippen molar-refractivity contribution in [3.63, 3.8) is 0 Å². The average Bonchev–Trinajstić information content (AvgIpc) is 2.60. The second-order valence-electron chi connectivity index (χ2n) is 7.46. The van der Waals surface area contributed by atoms with Crippen LogP contribution >= 0.6 is 0 Å². The molecule has 1 aromatic carbocycles. The van der Waals surface area contributed by atoms with Gasteiger partial charge in [-0.15, -0.1) is 0 Å². The Morgan fingerprint density at radius 2 is 1.84 bits per heavy atom. The number of aliphatic imine (C=N–C) groups is 1. The minimum atomic E-state index is 0.249. The molecule has 3 aromatic rings. The van der Waals surface area contributed by atoms with Crippen LogP contribution in [0.2, 0.25) is 0 Å². The number of hydrogen-bond donors (Lipinski definition) is 1. The standard InChI is InChI=1S/C21H24N4/c1-21(2,3)13-12-19(22)25-20-11-9-16(14-23-20)18-10-8-15-6-4-5-7-17(15)24-18/h4-11,14H,12-13H2,1-3H3,(H2,22,23,25). The quantitative estimate of drug-likeness (QED) is 0.533. The van der Waals surface area contributed by atoms with Gasteiger partial charge in [0.25, 0.3) is 0 Å². The number of hydrogen-bond acceptors (Lipinski definition) is 3. The Bertz CT molecular complexity index is 890. The van der Waals surface area contributed by atoms with Crippen LogP contribution in [0.4, 0.5) is 5.82 Å². The number of nitrogens with zero attached hydrogens (tertiary/aromatic N) is 3. The van der Waals surface area contributed by atoms with Crippen LogP contribution in [-0.4, -0.2) is 15.8 Å². The molecule has 0 aliphatic carbocycles. The van der Waals surface area contributed by atoms with E-state index in [-0.39, 0.29) is 5.41 Å². The number of para-hydroxylation sites is 1. The van der Waals surface area contributed by atoms with Gasteiger partial charge in [-0.1, -0.05) is 45.0 Å². The van der Waals surface area contributed by atoms with Crippen molar-refractivity contribution >= 4 is 22.6 Å². The second kappa shape index (κ2) is 7.01. The fourth-order valence-electron chi connectivity index (χ4n) is 2.54. The van der Waals surface area contributed by atoms with Gasteiger partial charge in [-0.05, 0) is 36.1 Å². The normalized spacial score (nSPS) is 12.5. The molecule has 2 aromatic heterocycles. The summed E-state index contributed by atoms with van der Waals surface area (Å²) in [6, 6.07) is 16.0. The van der Waals surface area contributed by atoms with Crippen LogP contribution in [0, 0.1) is 5.41 Å². The molecule has 0 amide bonds. The lowest BCUT2D eigenvalue weighted by molar-refractivity contribution is 0.386.